The first-order valence-electron chi connectivity index (χ1n) is 29.2. The summed E-state index contributed by atoms with van der Waals surface area (Å²) in [6.45, 7) is 4.23. The van der Waals surface area contributed by atoms with E-state index in [1.807, 2.05) is 21.1 Å². The first-order valence-corrected chi connectivity index (χ1v) is 30.7. The highest BCUT2D eigenvalue weighted by atomic mass is 31.2. The average molecular weight is 973 g/mol. The lowest BCUT2D eigenvalue weighted by molar-refractivity contribution is -0.870. The Morgan fingerprint density at radius 3 is 0.955 bits per heavy atom. The molecule has 0 aromatic carbocycles. The number of ether oxygens (including phenoxy) is 2. The van der Waals surface area contributed by atoms with Crippen molar-refractivity contribution in [3.05, 3.63) is 0 Å². The Morgan fingerprint density at radius 1 is 0.403 bits per heavy atom. The zero-order chi connectivity index (χ0) is 49.2. The minimum absolute atomic E-state index is 0.0259. The van der Waals surface area contributed by atoms with Crippen LogP contribution in [0.15, 0.2) is 0 Å². The highest BCUT2D eigenvalue weighted by molar-refractivity contribution is 7.45. The van der Waals surface area contributed by atoms with Gasteiger partial charge >= 0.3 is 11.9 Å². The molecule has 0 amide bonds. The average Bonchev–Trinajstić information content (AvgIpc) is 3.29. The molecule has 400 valence electrons. The second-order valence-electron chi connectivity index (χ2n) is 21.4. The molecule has 0 fully saturated rings. The van der Waals surface area contributed by atoms with Gasteiger partial charge in [0.1, 0.15) is 19.8 Å². The first-order chi connectivity index (χ1) is 32.5. The van der Waals surface area contributed by atoms with Gasteiger partial charge in [0.15, 0.2) is 6.10 Å². The maximum absolute atomic E-state index is 12.7. The fourth-order valence-electron chi connectivity index (χ4n) is 8.84. The molecule has 0 spiro atoms. The van der Waals surface area contributed by atoms with Crippen LogP contribution < -0.4 is 4.89 Å². The van der Waals surface area contributed by atoms with Crippen LogP contribution in [-0.4, -0.2) is 70.0 Å². The number of unbranched alkanes of at least 4 members (excludes halogenated alkanes) is 41. The summed E-state index contributed by atoms with van der Waals surface area (Å²) in [4.78, 5) is 37.5. The second-order valence-corrected chi connectivity index (χ2v) is 22.8. The summed E-state index contributed by atoms with van der Waals surface area (Å²) in [7, 11) is 1.18. The molecular weight excluding hydrogens is 858 g/mol. The fourth-order valence-corrected chi connectivity index (χ4v) is 9.57. The Balaban J connectivity index is 3.76. The topological polar surface area (TPSA) is 111 Å². The predicted octanol–water partition coefficient (Wildman–Crippen LogP) is 17.2. The van der Waals surface area contributed by atoms with Gasteiger partial charge in [-0.15, -0.1) is 0 Å². The lowest BCUT2D eigenvalue weighted by atomic mass is 10.0. The molecule has 0 rings (SSSR count). The molecule has 67 heavy (non-hydrogen) atoms. The van der Waals surface area contributed by atoms with Crippen molar-refractivity contribution in [3.63, 3.8) is 0 Å². The molecule has 0 aromatic heterocycles. The maximum Gasteiger partial charge on any atom is 0.306 e. The van der Waals surface area contributed by atoms with Crippen LogP contribution in [0, 0.1) is 0 Å². The van der Waals surface area contributed by atoms with Crippen molar-refractivity contribution < 1.29 is 42.1 Å². The van der Waals surface area contributed by atoms with Crippen molar-refractivity contribution in [2.24, 2.45) is 0 Å². The van der Waals surface area contributed by atoms with E-state index in [-0.39, 0.29) is 32.0 Å². The lowest BCUT2D eigenvalue weighted by Gasteiger charge is -2.28. The molecule has 0 aliphatic heterocycles. The number of likely N-dealkylation sites (N-methyl/N-ethyl adjacent to an activating group) is 1. The van der Waals surface area contributed by atoms with Crippen molar-refractivity contribution in [2.75, 3.05) is 47.5 Å². The quantitative estimate of drug-likeness (QED) is 0.0256. The van der Waals surface area contributed by atoms with Gasteiger partial charge in [-0.3, -0.25) is 14.2 Å². The van der Waals surface area contributed by atoms with E-state index in [0.717, 1.165) is 32.1 Å². The van der Waals surface area contributed by atoms with E-state index in [9.17, 15) is 19.0 Å². The maximum atomic E-state index is 12.7. The van der Waals surface area contributed by atoms with Crippen LogP contribution in [-0.2, 0) is 32.7 Å². The third kappa shape index (κ3) is 54.2. The molecule has 9 nitrogen and oxygen atoms in total. The number of rotatable bonds is 55. The number of nitrogens with zero attached hydrogens (tertiary/aromatic N) is 1. The zero-order valence-corrected chi connectivity index (χ0v) is 46.3. The molecular formula is C57H114NO8P. The normalized spacial score (nSPS) is 13.2. The number of carbonyl (C=O) groups is 2. The van der Waals surface area contributed by atoms with Crippen molar-refractivity contribution >= 4 is 19.8 Å². The molecule has 0 bridgehead atoms. The van der Waals surface area contributed by atoms with Gasteiger partial charge < -0.3 is 27.9 Å². The van der Waals surface area contributed by atoms with Gasteiger partial charge in [0.2, 0.25) is 0 Å². The third-order valence-corrected chi connectivity index (χ3v) is 14.3. The Labute approximate surface area is 416 Å². The Morgan fingerprint density at radius 2 is 0.672 bits per heavy atom. The van der Waals surface area contributed by atoms with Crippen molar-refractivity contribution in [1.82, 2.24) is 0 Å². The highest BCUT2D eigenvalue weighted by Gasteiger charge is 2.22. The van der Waals surface area contributed by atoms with Crippen LogP contribution >= 0.6 is 7.82 Å². The standard InChI is InChI=1S/C57H114NO8P/c1-6-8-10-12-14-15-16-17-18-19-20-21-22-23-24-25-26-27-28-29-30-31-32-33-34-35-36-37-38-39-40-41-42-44-46-48-50-57(60)66-55(54-65-67(61,62)64-52-51-58(3,4)5)53-63-56(59)49-47-45-43-13-11-9-7-2/h55H,6-54H2,1-5H3. The van der Waals surface area contributed by atoms with Gasteiger partial charge in [-0.2, -0.15) is 0 Å². The summed E-state index contributed by atoms with van der Waals surface area (Å²) in [5.41, 5.74) is 0. The number of phosphoric ester groups is 1. The molecule has 0 N–H and O–H groups in total. The Hall–Kier alpha value is -0.990. The number of hydrogen-bond donors (Lipinski definition) is 0. The molecule has 0 heterocycles. The minimum Gasteiger partial charge on any atom is -0.756 e. The Bertz CT molecular complexity index is 1100. The summed E-state index contributed by atoms with van der Waals surface area (Å²) in [6, 6.07) is 0. The molecule has 10 heteroatoms. The van der Waals surface area contributed by atoms with E-state index in [1.165, 1.54) is 238 Å². The largest absolute Gasteiger partial charge is 0.756 e. The van der Waals surface area contributed by atoms with Crippen LogP contribution in [0.2, 0.25) is 0 Å². The van der Waals surface area contributed by atoms with E-state index < -0.39 is 26.5 Å². The number of quaternary nitrogens is 1. The van der Waals surface area contributed by atoms with E-state index in [0.29, 0.717) is 17.4 Å². The number of carbonyl (C=O) groups excluding carboxylic acids is 2. The van der Waals surface area contributed by atoms with Crippen molar-refractivity contribution in [1.29, 1.82) is 0 Å². The molecule has 0 aliphatic rings. The Kier molecular flexibility index (Phi) is 49.2. The van der Waals surface area contributed by atoms with Gasteiger partial charge in [0, 0.05) is 12.8 Å². The van der Waals surface area contributed by atoms with E-state index in [4.69, 9.17) is 18.5 Å². The van der Waals surface area contributed by atoms with Crippen LogP contribution in [0.5, 0.6) is 0 Å². The first kappa shape index (κ1) is 66.0. The predicted molar refractivity (Wildman–Crippen MR) is 282 cm³/mol. The van der Waals surface area contributed by atoms with Crippen molar-refractivity contribution in [2.45, 2.75) is 309 Å². The van der Waals surface area contributed by atoms with Crippen LogP contribution in [0.3, 0.4) is 0 Å². The second kappa shape index (κ2) is 50.0. The smallest absolute Gasteiger partial charge is 0.306 e. The van der Waals surface area contributed by atoms with Gasteiger partial charge in [-0.1, -0.05) is 277 Å². The number of esters is 2. The summed E-state index contributed by atoms with van der Waals surface area (Å²) < 4.78 is 33.9. The summed E-state index contributed by atoms with van der Waals surface area (Å²) in [6.07, 6.45) is 56.5. The van der Waals surface area contributed by atoms with Crippen LogP contribution in [0.1, 0.15) is 303 Å². The molecule has 0 aliphatic carbocycles. The number of hydrogen-bond acceptors (Lipinski definition) is 8. The third-order valence-electron chi connectivity index (χ3n) is 13.4. The molecule has 0 aromatic rings. The summed E-state index contributed by atoms with van der Waals surface area (Å²) in [5, 5.41) is 0. The zero-order valence-electron chi connectivity index (χ0n) is 45.4. The molecule has 0 saturated heterocycles. The molecule has 0 radical (unpaired) electrons. The molecule has 2 atom stereocenters. The van der Waals surface area contributed by atoms with Gasteiger partial charge in [0.25, 0.3) is 7.82 Å². The molecule has 2 unspecified atom stereocenters. The van der Waals surface area contributed by atoms with Crippen molar-refractivity contribution in [3.8, 4) is 0 Å². The fraction of sp³-hybridized carbons (Fsp3) is 0.965. The van der Waals surface area contributed by atoms with Gasteiger partial charge in [-0.05, 0) is 12.8 Å². The van der Waals surface area contributed by atoms with E-state index in [2.05, 4.69) is 13.8 Å². The molecule has 0 saturated carbocycles. The lowest BCUT2D eigenvalue weighted by Crippen LogP contribution is -2.37. The highest BCUT2D eigenvalue weighted by Crippen LogP contribution is 2.38. The number of phosphoric acid groups is 1. The summed E-state index contributed by atoms with van der Waals surface area (Å²) >= 11 is 0. The minimum atomic E-state index is -4.62. The van der Waals surface area contributed by atoms with E-state index >= 15 is 0 Å². The summed E-state index contributed by atoms with van der Waals surface area (Å²) in [5.74, 6) is -0.824. The van der Waals surface area contributed by atoms with Gasteiger partial charge in [-0.25, -0.2) is 0 Å². The van der Waals surface area contributed by atoms with E-state index in [1.54, 1.807) is 0 Å². The van der Waals surface area contributed by atoms with Gasteiger partial charge in [0.05, 0.1) is 27.7 Å². The monoisotopic (exact) mass is 972 g/mol. The SMILES string of the molecule is CCCCCCCCCCCCCCCCCCCCCCCCCCCCCCCCCCCCCCC(=O)OC(COC(=O)CCCCCCCCC)COP(=O)([O-])OCC[N+](C)(C)C. The van der Waals surface area contributed by atoms with Crippen LogP contribution in [0.25, 0.3) is 0 Å². The van der Waals surface area contributed by atoms with Crippen LogP contribution in [0.4, 0.5) is 0 Å².